The molecule has 0 aliphatic carbocycles. The summed E-state index contributed by atoms with van der Waals surface area (Å²) < 4.78 is 0. The fourth-order valence-electron chi connectivity index (χ4n) is 0.579. The lowest BCUT2D eigenvalue weighted by molar-refractivity contribution is 0.219. The lowest BCUT2D eigenvalue weighted by Crippen LogP contribution is -2.04. The second-order valence-corrected chi connectivity index (χ2v) is 2.31. The molecule has 50 valence electrons. The molecule has 8 heavy (non-hydrogen) atoms. The highest BCUT2D eigenvalue weighted by Gasteiger charge is 2.00. The van der Waals surface area contributed by atoms with Gasteiger partial charge in [0.1, 0.15) is 0 Å². The molecule has 0 radical (unpaired) electrons. The van der Waals surface area contributed by atoms with Crippen LogP contribution in [0.15, 0.2) is 0 Å². The lowest BCUT2D eigenvalue weighted by atomic mass is 10.1. The summed E-state index contributed by atoms with van der Waals surface area (Å²) in [5.41, 5.74) is 0. The molecule has 1 N–H and O–H groups in total. The van der Waals surface area contributed by atoms with E-state index in [9.17, 15) is 0 Å². The van der Waals surface area contributed by atoms with Gasteiger partial charge in [0.2, 0.25) is 0 Å². The van der Waals surface area contributed by atoms with E-state index >= 15 is 0 Å². The first-order valence-electron chi connectivity index (χ1n) is 3.02. The molecule has 0 aromatic rings. The topological polar surface area (TPSA) is 20.2 Å². The molecule has 0 spiro atoms. The van der Waals surface area contributed by atoms with Crippen molar-refractivity contribution in [1.29, 1.82) is 0 Å². The van der Waals surface area contributed by atoms with E-state index in [2.05, 4.69) is 6.92 Å². The Balaban J connectivity index is 3.07. The van der Waals surface area contributed by atoms with Crippen LogP contribution in [0.4, 0.5) is 0 Å². The molecular weight excluding hydrogens is 124 g/mol. The summed E-state index contributed by atoms with van der Waals surface area (Å²) in [5.74, 6) is 1.09. The van der Waals surface area contributed by atoms with Crippen molar-refractivity contribution in [2.24, 2.45) is 5.92 Å². The summed E-state index contributed by atoms with van der Waals surface area (Å²) >= 11 is 5.44. The first-order chi connectivity index (χ1) is 3.85. The molecule has 0 rings (SSSR count). The maximum atomic E-state index is 8.60. The highest BCUT2D eigenvalue weighted by atomic mass is 35.5. The van der Waals surface area contributed by atoms with Crippen molar-refractivity contribution in [3.63, 3.8) is 0 Å². The predicted molar refractivity (Wildman–Crippen MR) is 36.2 cm³/mol. The molecule has 1 nitrogen and oxygen atoms in total. The van der Waals surface area contributed by atoms with Crippen molar-refractivity contribution in [2.75, 3.05) is 12.5 Å². The Bertz CT molecular complexity index is 43.8. The Morgan fingerprint density at radius 2 is 2.25 bits per heavy atom. The van der Waals surface area contributed by atoms with E-state index in [1.165, 1.54) is 0 Å². The largest absolute Gasteiger partial charge is 0.396 e. The zero-order valence-electron chi connectivity index (χ0n) is 5.23. The number of hydrogen-bond donors (Lipinski definition) is 1. The SMILES string of the molecule is CCC(CO)CCCl. The number of rotatable bonds is 4. The van der Waals surface area contributed by atoms with Gasteiger partial charge in [-0.05, 0) is 12.3 Å². The zero-order valence-corrected chi connectivity index (χ0v) is 5.99. The van der Waals surface area contributed by atoms with E-state index in [0.717, 1.165) is 12.8 Å². The van der Waals surface area contributed by atoms with Gasteiger partial charge in [0, 0.05) is 12.5 Å². The molecule has 2 heteroatoms. The van der Waals surface area contributed by atoms with Crippen LogP contribution in [0.5, 0.6) is 0 Å². The standard InChI is InChI=1S/C6H13ClO/c1-2-6(5-8)3-4-7/h6,8H,2-5H2,1H3. The molecular formula is C6H13ClO. The summed E-state index contributed by atoms with van der Waals surface area (Å²) in [6, 6.07) is 0. The minimum Gasteiger partial charge on any atom is -0.396 e. The molecule has 0 aliphatic heterocycles. The molecule has 0 saturated carbocycles. The Hall–Kier alpha value is 0.250. The molecule has 0 fully saturated rings. The monoisotopic (exact) mass is 136 g/mol. The average molecular weight is 137 g/mol. The van der Waals surface area contributed by atoms with Gasteiger partial charge in [-0.3, -0.25) is 0 Å². The van der Waals surface area contributed by atoms with Gasteiger partial charge in [0.15, 0.2) is 0 Å². The molecule has 0 saturated heterocycles. The summed E-state index contributed by atoms with van der Waals surface area (Å²) in [4.78, 5) is 0. The smallest absolute Gasteiger partial charge is 0.0459 e. The Labute approximate surface area is 55.7 Å². The van der Waals surface area contributed by atoms with Crippen molar-refractivity contribution < 1.29 is 5.11 Å². The molecule has 1 unspecified atom stereocenters. The molecule has 1 atom stereocenters. The van der Waals surface area contributed by atoms with Gasteiger partial charge in [-0.2, -0.15) is 0 Å². The summed E-state index contributed by atoms with van der Waals surface area (Å²) in [5, 5.41) is 8.60. The number of aliphatic hydroxyl groups excluding tert-OH is 1. The van der Waals surface area contributed by atoms with Crippen molar-refractivity contribution in [2.45, 2.75) is 19.8 Å². The normalized spacial score (nSPS) is 13.9. The molecule has 0 bridgehead atoms. The van der Waals surface area contributed by atoms with E-state index in [4.69, 9.17) is 16.7 Å². The highest BCUT2D eigenvalue weighted by molar-refractivity contribution is 6.17. The molecule has 0 aromatic carbocycles. The van der Waals surface area contributed by atoms with E-state index < -0.39 is 0 Å². The Morgan fingerprint density at radius 3 is 2.38 bits per heavy atom. The second-order valence-electron chi connectivity index (χ2n) is 1.93. The van der Waals surface area contributed by atoms with Crippen LogP contribution in [0, 0.1) is 5.92 Å². The van der Waals surface area contributed by atoms with Crippen molar-refractivity contribution in [3.05, 3.63) is 0 Å². The van der Waals surface area contributed by atoms with Crippen LogP contribution in [0.3, 0.4) is 0 Å². The van der Waals surface area contributed by atoms with Gasteiger partial charge in [0.05, 0.1) is 0 Å². The number of halogens is 1. The van der Waals surface area contributed by atoms with E-state index in [1.807, 2.05) is 0 Å². The lowest BCUT2D eigenvalue weighted by Gasteiger charge is -2.06. The molecule has 0 amide bonds. The van der Waals surface area contributed by atoms with Crippen LogP contribution < -0.4 is 0 Å². The third-order valence-corrected chi connectivity index (χ3v) is 1.57. The molecule has 0 heterocycles. The molecule has 0 aliphatic rings. The van der Waals surface area contributed by atoms with Crippen LogP contribution in [0.1, 0.15) is 19.8 Å². The molecule has 0 aromatic heterocycles. The van der Waals surface area contributed by atoms with Crippen LogP contribution in [0.25, 0.3) is 0 Å². The first kappa shape index (κ1) is 8.25. The minimum atomic E-state index is 0.281. The van der Waals surface area contributed by atoms with Crippen LogP contribution in [-0.2, 0) is 0 Å². The first-order valence-corrected chi connectivity index (χ1v) is 3.55. The maximum absolute atomic E-state index is 8.60. The Morgan fingerprint density at radius 1 is 1.62 bits per heavy atom. The van der Waals surface area contributed by atoms with Gasteiger partial charge in [0.25, 0.3) is 0 Å². The second kappa shape index (κ2) is 5.39. The average Bonchev–Trinajstić information content (AvgIpc) is 1.83. The number of alkyl halides is 1. The third kappa shape index (κ3) is 3.28. The van der Waals surface area contributed by atoms with Crippen LogP contribution in [-0.4, -0.2) is 17.6 Å². The summed E-state index contributed by atoms with van der Waals surface area (Å²) in [6.07, 6.45) is 1.97. The quantitative estimate of drug-likeness (QED) is 0.583. The summed E-state index contributed by atoms with van der Waals surface area (Å²) in [6.45, 7) is 2.34. The zero-order chi connectivity index (χ0) is 6.41. The van der Waals surface area contributed by atoms with Crippen molar-refractivity contribution in [1.82, 2.24) is 0 Å². The third-order valence-electron chi connectivity index (χ3n) is 1.35. The number of hydrogen-bond acceptors (Lipinski definition) is 1. The van der Waals surface area contributed by atoms with Gasteiger partial charge >= 0.3 is 0 Å². The van der Waals surface area contributed by atoms with Crippen molar-refractivity contribution in [3.8, 4) is 0 Å². The van der Waals surface area contributed by atoms with Crippen molar-refractivity contribution >= 4 is 11.6 Å². The van der Waals surface area contributed by atoms with Crippen LogP contribution >= 0.6 is 11.6 Å². The predicted octanol–water partition coefficient (Wildman–Crippen LogP) is 1.63. The van der Waals surface area contributed by atoms with Gasteiger partial charge in [-0.15, -0.1) is 11.6 Å². The van der Waals surface area contributed by atoms with Crippen LogP contribution in [0.2, 0.25) is 0 Å². The van der Waals surface area contributed by atoms with E-state index in [-0.39, 0.29) is 6.61 Å². The van der Waals surface area contributed by atoms with Gasteiger partial charge in [-0.25, -0.2) is 0 Å². The maximum Gasteiger partial charge on any atom is 0.0459 e. The van der Waals surface area contributed by atoms with E-state index in [1.54, 1.807) is 0 Å². The fourth-order valence-corrected chi connectivity index (χ4v) is 0.887. The summed E-state index contributed by atoms with van der Waals surface area (Å²) in [7, 11) is 0. The Kier molecular flexibility index (Phi) is 5.56. The minimum absolute atomic E-state index is 0.281. The van der Waals surface area contributed by atoms with Gasteiger partial charge < -0.3 is 5.11 Å². The number of aliphatic hydroxyl groups is 1. The van der Waals surface area contributed by atoms with E-state index in [0.29, 0.717) is 11.8 Å². The fraction of sp³-hybridized carbons (Fsp3) is 1.00. The highest BCUT2D eigenvalue weighted by Crippen LogP contribution is 2.06. The van der Waals surface area contributed by atoms with Gasteiger partial charge in [-0.1, -0.05) is 13.3 Å².